The van der Waals surface area contributed by atoms with Crippen molar-refractivity contribution >= 4 is 21.6 Å². The molecule has 1 aromatic heterocycles. The van der Waals surface area contributed by atoms with Crippen LogP contribution in [0.5, 0.6) is 0 Å². The SMILES string of the molecule is Cc1c(S(N)(=O)=O)c(CN2CCc3c(Cl)cccc3C2)nn1C. The minimum Gasteiger partial charge on any atom is -0.293 e. The molecule has 6 nitrogen and oxygen atoms in total. The molecule has 0 radical (unpaired) electrons. The van der Waals surface area contributed by atoms with Crippen LogP contribution in [0, 0.1) is 6.92 Å². The zero-order valence-corrected chi connectivity index (χ0v) is 14.7. The van der Waals surface area contributed by atoms with E-state index in [9.17, 15) is 8.42 Å². The van der Waals surface area contributed by atoms with Crippen LogP contribution >= 0.6 is 11.6 Å². The molecule has 124 valence electrons. The lowest BCUT2D eigenvalue weighted by molar-refractivity contribution is 0.240. The summed E-state index contributed by atoms with van der Waals surface area (Å²) in [7, 11) is -2.07. The number of fused-ring (bicyclic) bond motifs is 1. The van der Waals surface area contributed by atoms with Crippen LogP contribution in [-0.2, 0) is 36.6 Å². The second-order valence-corrected chi connectivity index (χ2v) is 7.77. The molecule has 8 heteroatoms. The van der Waals surface area contributed by atoms with Crippen molar-refractivity contribution < 1.29 is 8.42 Å². The summed E-state index contributed by atoms with van der Waals surface area (Å²) in [5, 5.41) is 10.5. The topological polar surface area (TPSA) is 81.2 Å². The Kier molecular flexibility index (Phi) is 4.22. The van der Waals surface area contributed by atoms with Crippen molar-refractivity contribution in [2.45, 2.75) is 31.3 Å². The van der Waals surface area contributed by atoms with E-state index in [-0.39, 0.29) is 4.90 Å². The zero-order valence-electron chi connectivity index (χ0n) is 13.1. The van der Waals surface area contributed by atoms with E-state index in [0.29, 0.717) is 17.9 Å². The first-order valence-electron chi connectivity index (χ1n) is 7.31. The number of aromatic nitrogens is 2. The van der Waals surface area contributed by atoms with Gasteiger partial charge in [-0.05, 0) is 30.5 Å². The Hall–Kier alpha value is -1.41. The van der Waals surface area contributed by atoms with E-state index in [0.717, 1.165) is 24.5 Å². The number of rotatable bonds is 3. The van der Waals surface area contributed by atoms with Crippen molar-refractivity contribution in [3.05, 3.63) is 45.7 Å². The van der Waals surface area contributed by atoms with Gasteiger partial charge in [-0.1, -0.05) is 23.7 Å². The maximum atomic E-state index is 11.9. The maximum absolute atomic E-state index is 11.9. The number of hydrogen-bond acceptors (Lipinski definition) is 4. The Bertz CT molecular complexity index is 861. The van der Waals surface area contributed by atoms with Gasteiger partial charge in [-0.25, -0.2) is 13.6 Å². The summed E-state index contributed by atoms with van der Waals surface area (Å²) in [6.07, 6.45) is 0.839. The number of nitrogens with two attached hydrogens (primary N) is 1. The molecule has 3 rings (SSSR count). The highest BCUT2D eigenvalue weighted by Gasteiger charge is 2.26. The van der Waals surface area contributed by atoms with Gasteiger partial charge in [-0.15, -0.1) is 0 Å². The first-order chi connectivity index (χ1) is 10.8. The summed E-state index contributed by atoms with van der Waals surface area (Å²) in [5.41, 5.74) is 3.41. The average molecular weight is 355 g/mol. The summed E-state index contributed by atoms with van der Waals surface area (Å²) in [4.78, 5) is 2.30. The van der Waals surface area contributed by atoms with Crippen LogP contribution < -0.4 is 5.14 Å². The summed E-state index contributed by atoms with van der Waals surface area (Å²) < 4.78 is 25.3. The van der Waals surface area contributed by atoms with Crippen molar-refractivity contribution in [2.75, 3.05) is 6.54 Å². The Labute approximate surface area is 140 Å². The van der Waals surface area contributed by atoms with Crippen LogP contribution in [0.4, 0.5) is 0 Å². The first-order valence-corrected chi connectivity index (χ1v) is 9.23. The fourth-order valence-electron chi connectivity index (χ4n) is 3.10. The molecule has 2 heterocycles. The van der Waals surface area contributed by atoms with Gasteiger partial charge in [0, 0.05) is 31.7 Å². The molecule has 0 saturated heterocycles. The van der Waals surface area contributed by atoms with Gasteiger partial charge in [-0.2, -0.15) is 5.10 Å². The van der Waals surface area contributed by atoms with Crippen LogP contribution in [0.25, 0.3) is 0 Å². The van der Waals surface area contributed by atoms with Crippen LogP contribution in [0.1, 0.15) is 22.5 Å². The molecule has 0 spiro atoms. The van der Waals surface area contributed by atoms with E-state index in [1.807, 2.05) is 12.1 Å². The molecular formula is C15H19ClN4O2S. The third kappa shape index (κ3) is 3.14. The second-order valence-electron chi connectivity index (χ2n) is 5.87. The van der Waals surface area contributed by atoms with Gasteiger partial charge in [0.2, 0.25) is 10.0 Å². The predicted molar refractivity (Wildman–Crippen MR) is 88.6 cm³/mol. The van der Waals surface area contributed by atoms with E-state index in [1.54, 1.807) is 18.7 Å². The third-order valence-electron chi connectivity index (χ3n) is 4.29. The minimum atomic E-state index is -3.79. The molecule has 2 aromatic rings. The van der Waals surface area contributed by atoms with Crippen molar-refractivity contribution in [2.24, 2.45) is 12.2 Å². The molecule has 0 bridgehead atoms. The number of primary sulfonamides is 1. The molecule has 2 N–H and O–H groups in total. The highest BCUT2D eigenvalue weighted by molar-refractivity contribution is 7.89. The average Bonchev–Trinajstić information content (AvgIpc) is 2.73. The van der Waals surface area contributed by atoms with E-state index >= 15 is 0 Å². The van der Waals surface area contributed by atoms with E-state index in [2.05, 4.69) is 16.1 Å². The van der Waals surface area contributed by atoms with Gasteiger partial charge in [0.25, 0.3) is 0 Å². The number of halogens is 1. The molecule has 0 fully saturated rings. The van der Waals surface area contributed by atoms with Crippen LogP contribution in [-0.4, -0.2) is 29.6 Å². The van der Waals surface area contributed by atoms with Crippen molar-refractivity contribution in [1.82, 2.24) is 14.7 Å². The van der Waals surface area contributed by atoms with Gasteiger partial charge in [-0.3, -0.25) is 9.58 Å². The van der Waals surface area contributed by atoms with Gasteiger partial charge in [0.05, 0.1) is 11.4 Å². The minimum absolute atomic E-state index is 0.136. The molecule has 0 atom stereocenters. The van der Waals surface area contributed by atoms with Gasteiger partial charge in [0.15, 0.2) is 0 Å². The van der Waals surface area contributed by atoms with E-state index in [1.165, 1.54) is 11.1 Å². The van der Waals surface area contributed by atoms with Gasteiger partial charge >= 0.3 is 0 Å². The largest absolute Gasteiger partial charge is 0.293 e. The number of aryl methyl sites for hydroxylation is 1. The Morgan fingerprint density at radius 2 is 2.13 bits per heavy atom. The van der Waals surface area contributed by atoms with E-state index < -0.39 is 10.0 Å². The van der Waals surface area contributed by atoms with Crippen LogP contribution in [0.3, 0.4) is 0 Å². The number of hydrogen-bond donors (Lipinski definition) is 1. The Balaban J connectivity index is 1.89. The maximum Gasteiger partial charge on any atom is 0.241 e. The molecular weight excluding hydrogens is 336 g/mol. The molecule has 1 aliphatic heterocycles. The number of benzene rings is 1. The van der Waals surface area contributed by atoms with Crippen molar-refractivity contribution in [3.63, 3.8) is 0 Å². The Morgan fingerprint density at radius 3 is 2.83 bits per heavy atom. The van der Waals surface area contributed by atoms with Gasteiger partial charge in [0.1, 0.15) is 4.90 Å². The van der Waals surface area contributed by atoms with Gasteiger partial charge < -0.3 is 0 Å². The van der Waals surface area contributed by atoms with E-state index in [4.69, 9.17) is 16.7 Å². The molecule has 1 aromatic carbocycles. The second kappa shape index (κ2) is 5.90. The zero-order chi connectivity index (χ0) is 16.8. The normalized spacial score (nSPS) is 15.7. The lowest BCUT2D eigenvalue weighted by atomic mass is 9.99. The smallest absolute Gasteiger partial charge is 0.241 e. The van der Waals surface area contributed by atoms with Crippen molar-refractivity contribution in [3.8, 4) is 0 Å². The molecule has 0 unspecified atom stereocenters. The molecule has 0 amide bonds. The Morgan fingerprint density at radius 1 is 1.39 bits per heavy atom. The lowest BCUT2D eigenvalue weighted by Crippen LogP contribution is -2.31. The molecule has 23 heavy (non-hydrogen) atoms. The van der Waals surface area contributed by atoms with Crippen molar-refractivity contribution in [1.29, 1.82) is 0 Å². The summed E-state index contributed by atoms with van der Waals surface area (Å²) in [5.74, 6) is 0. The highest BCUT2D eigenvalue weighted by atomic mass is 35.5. The lowest BCUT2D eigenvalue weighted by Gasteiger charge is -2.28. The third-order valence-corrected chi connectivity index (χ3v) is 5.75. The fraction of sp³-hybridized carbons (Fsp3) is 0.400. The first kappa shape index (κ1) is 16.4. The summed E-state index contributed by atoms with van der Waals surface area (Å²) >= 11 is 6.23. The molecule has 1 aliphatic rings. The standard InChI is InChI=1S/C15H19ClN4O2S/c1-10-15(23(17,21)22)14(18-19(10)2)9-20-7-6-12-11(8-20)4-3-5-13(12)16/h3-5H,6-9H2,1-2H3,(H2,17,21,22). The highest BCUT2D eigenvalue weighted by Crippen LogP contribution is 2.27. The number of sulfonamides is 1. The molecule has 0 aliphatic carbocycles. The summed E-state index contributed by atoms with van der Waals surface area (Å²) in [6.45, 7) is 3.67. The van der Waals surface area contributed by atoms with Crippen LogP contribution in [0.2, 0.25) is 5.02 Å². The quantitative estimate of drug-likeness (QED) is 0.907. The monoisotopic (exact) mass is 354 g/mol. The summed E-state index contributed by atoms with van der Waals surface area (Å²) in [6, 6.07) is 5.89. The van der Waals surface area contributed by atoms with Crippen LogP contribution in [0.15, 0.2) is 23.1 Å². The number of nitrogens with zero attached hydrogens (tertiary/aromatic N) is 3. The predicted octanol–water partition coefficient (Wildman–Crippen LogP) is 1.59. The fourth-order valence-corrected chi connectivity index (χ4v) is 4.37. The molecule has 0 saturated carbocycles.